The summed E-state index contributed by atoms with van der Waals surface area (Å²) >= 11 is 3.54. The lowest BCUT2D eigenvalue weighted by atomic mass is 9.95. The minimum Gasteiger partial charge on any atom is -0.396 e. The molecule has 0 atom stereocenters. The lowest BCUT2D eigenvalue weighted by molar-refractivity contribution is 0.234. The normalized spacial score (nSPS) is 25.8. The maximum Gasteiger partial charge on any atom is 0.0433 e. The number of halogens is 1. The Balaban J connectivity index is 0.000000121. The molecule has 0 aliphatic heterocycles. The molecular weight excluding hydrogens is 312 g/mol. The van der Waals surface area contributed by atoms with Gasteiger partial charge in [0.25, 0.3) is 0 Å². The van der Waals surface area contributed by atoms with Crippen LogP contribution in [0.2, 0.25) is 0 Å². The van der Waals surface area contributed by atoms with E-state index in [1.54, 1.807) is 0 Å². The summed E-state index contributed by atoms with van der Waals surface area (Å²) in [7, 11) is 0. The average Bonchev–Trinajstić information content (AvgIpc) is 3.26. The standard InChI is InChI=1S/C9H15Br.C9H16O/c2*10-6-5-9(7-1-2-7)8-3-4-8/h7-9H,1-6H2;7-10H,1-6H2. The Morgan fingerprint density at radius 2 is 1.05 bits per heavy atom. The molecule has 0 aromatic rings. The van der Waals surface area contributed by atoms with E-state index in [1.165, 1.54) is 63.1 Å². The van der Waals surface area contributed by atoms with Gasteiger partial charge >= 0.3 is 0 Å². The molecule has 2 heteroatoms. The molecule has 4 aliphatic rings. The molecule has 1 nitrogen and oxygen atoms in total. The van der Waals surface area contributed by atoms with Crippen LogP contribution in [0.1, 0.15) is 64.2 Å². The maximum atomic E-state index is 8.79. The summed E-state index contributed by atoms with van der Waals surface area (Å²) in [5.41, 5.74) is 0. The molecule has 0 bridgehead atoms. The second kappa shape index (κ2) is 7.13. The van der Waals surface area contributed by atoms with Crippen molar-refractivity contribution in [3.05, 3.63) is 0 Å². The Hall–Kier alpha value is 0.440. The third-order valence-electron chi connectivity index (χ3n) is 5.81. The van der Waals surface area contributed by atoms with Crippen molar-refractivity contribution in [1.29, 1.82) is 0 Å². The van der Waals surface area contributed by atoms with Gasteiger partial charge in [0.1, 0.15) is 0 Å². The van der Waals surface area contributed by atoms with Gasteiger partial charge in [-0.1, -0.05) is 15.9 Å². The fourth-order valence-corrected chi connectivity index (χ4v) is 4.61. The fourth-order valence-electron chi connectivity index (χ4n) is 4.09. The Labute approximate surface area is 133 Å². The molecular formula is C18H31BrO. The van der Waals surface area contributed by atoms with E-state index >= 15 is 0 Å². The Morgan fingerprint density at radius 1 is 0.700 bits per heavy atom. The average molecular weight is 343 g/mol. The van der Waals surface area contributed by atoms with E-state index < -0.39 is 0 Å². The van der Waals surface area contributed by atoms with Gasteiger partial charge in [0.05, 0.1) is 0 Å². The van der Waals surface area contributed by atoms with Crippen LogP contribution < -0.4 is 0 Å². The van der Waals surface area contributed by atoms with Crippen LogP contribution in [0.15, 0.2) is 0 Å². The summed E-state index contributed by atoms with van der Waals surface area (Å²) in [5, 5.41) is 10.0. The first-order valence-electron chi connectivity index (χ1n) is 9.00. The molecule has 0 radical (unpaired) electrons. The van der Waals surface area contributed by atoms with Crippen LogP contribution in [-0.4, -0.2) is 17.0 Å². The summed E-state index contributed by atoms with van der Waals surface area (Å²) < 4.78 is 0. The van der Waals surface area contributed by atoms with Crippen molar-refractivity contribution < 1.29 is 5.11 Å². The van der Waals surface area contributed by atoms with E-state index in [9.17, 15) is 0 Å². The molecule has 20 heavy (non-hydrogen) atoms. The van der Waals surface area contributed by atoms with Gasteiger partial charge in [0.15, 0.2) is 0 Å². The van der Waals surface area contributed by atoms with E-state index in [0.717, 1.165) is 41.9 Å². The Bertz CT molecular complexity index is 236. The van der Waals surface area contributed by atoms with Crippen LogP contribution in [0, 0.1) is 35.5 Å². The highest BCUT2D eigenvalue weighted by atomic mass is 79.9. The zero-order chi connectivity index (χ0) is 13.9. The fraction of sp³-hybridized carbons (Fsp3) is 1.00. The van der Waals surface area contributed by atoms with Gasteiger partial charge in [0, 0.05) is 11.9 Å². The van der Waals surface area contributed by atoms with Crippen LogP contribution in [0.3, 0.4) is 0 Å². The molecule has 0 spiro atoms. The van der Waals surface area contributed by atoms with E-state index in [-0.39, 0.29) is 0 Å². The van der Waals surface area contributed by atoms with E-state index in [0.29, 0.717) is 6.61 Å². The third kappa shape index (κ3) is 4.73. The largest absolute Gasteiger partial charge is 0.396 e. The molecule has 0 amide bonds. The predicted molar refractivity (Wildman–Crippen MR) is 88.0 cm³/mol. The topological polar surface area (TPSA) is 20.2 Å². The van der Waals surface area contributed by atoms with Crippen LogP contribution >= 0.6 is 15.9 Å². The quantitative estimate of drug-likeness (QED) is 0.614. The minimum atomic E-state index is 0.414. The van der Waals surface area contributed by atoms with Gasteiger partial charge in [-0.15, -0.1) is 0 Å². The van der Waals surface area contributed by atoms with Gasteiger partial charge in [-0.2, -0.15) is 0 Å². The highest BCUT2D eigenvalue weighted by molar-refractivity contribution is 9.09. The maximum absolute atomic E-state index is 8.79. The summed E-state index contributed by atoms with van der Waals surface area (Å²) in [6.45, 7) is 0.414. The van der Waals surface area contributed by atoms with Gasteiger partial charge < -0.3 is 5.11 Å². The molecule has 0 aromatic heterocycles. The molecule has 4 aliphatic carbocycles. The first-order valence-corrected chi connectivity index (χ1v) is 10.1. The lowest BCUT2D eigenvalue weighted by Gasteiger charge is -2.12. The van der Waals surface area contributed by atoms with Gasteiger partial charge in [-0.25, -0.2) is 0 Å². The number of rotatable bonds is 8. The molecule has 4 saturated carbocycles. The molecule has 0 unspecified atom stereocenters. The van der Waals surface area contributed by atoms with Crippen molar-refractivity contribution in [2.75, 3.05) is 11.9 Å². The molecule has 0 saturated heterocycles. The lowest BCUT2D eigenvalue weighted by Crippen LogP contribution is -2.07. The second-order valence-electron chi connectivity index (χ2n) is 7.67. The minimum absolute atomic E-state index is 0.414. The van der Waals surface area contributed by atoms with Crippen LogP contribution in [0.25, 0.3) is 0 Å². The highest BCUT2D eigenvalue weighted by Gasteiger charge is 2.41. The van der Waals surface area contributed by atoms with E-state index in [4.69, 9.17) is 5.11 Å². The molecule has 1 N–H and O–H groups in total. The van der Waals surface area contributed by atoms with Crippen molar-refractivity contribution in [2.45, 2.75) is 64.2 Å². The SMILES string of the molecule is BrCCC(C1CC1)C1CC1.OCCC(C1CC1)C1CC1. The number of aliphatic hydroxyl groups is 1. The third-order valence-corrected chi connectivity index (χ3v) is 6.27. The van der Waals surface area contributed by atoms with Crippen molar-refractivity contribution in [3.8, 4) is 0 Å². The summed E-state index contributed by atoms with van der Waals surface area (Å²) in [6, 6.07) is 0. The first-order chi connectivity index (χ1) is 9.83. The Morgan fingerprint density at radius 3 is 1.30 bits per heavy atom. The van der Waals surface area contributed by atoms with Crippen LogP contribution in [0.5, 0.6) is 0 Å². The zero-order valence-corrected chi connectivity index (χ0v) is 14.4. The molecule has 0 heterocycles. The highest BCUT2D eigenvalue weighted by Crippen LogP contribution is 2.51. The number of hydrogen-bond donors (Lipinski definition) is 1. The van der Waals surface area contributed by atoms with Crippen molar-refractivity contribution >= 4 is 15.9 Å². The summed E-state index contributed by atoms with van der Waals surface area (Å²) in [4.78, 5) is 0. The summed E-state index contributed by atoms with van der Waals surface area (Å²) in [5.74, 6) is 6.33. The smallest absolute Gasteiger partial charge is 0.0433 e. The molecule has 4 rings (SSSR count). The van der Waals surface area contributed by atoms with Gasteiger partial charge in [-0.05, 0) is 99.7 Å². The number of aliphatic hydroxyl groups excluding tert-OH is 1. The first kappa shape index (κ1) is 15.3. The predicted octanol–water partition coefficient (Wildman–Crippen LogP) is 5.01. The zero-order valence-electron chi connectivity index (χ0n) is 12.8. The van der Waals surface area contributed by atoms with E-state index in [2.05, 4.69) is 15.9 Å². The van der Waals surface area contributed by atoms with Gasteiger partial charge in [0.2, 0.25) is 0 Å². The second-order valence-corrected chi connectivity index (χ2v) is 8.46. The molecule has 116 valence electrons. The number of hydrogen-bond acceptors (Lipinski definition) is 1. The van der Waals surface area contributed by atoms with Crippen LogP contribution in [0.4, 0.5) is 0 Å². The monoisotopic (exact) mass is 342 g/mol. The van der Waals surface area contributed by atoms with E-state index in [1.807, 2.05) is 0 Å². The number of alkyl halides is 1. The molecule has 0 aromatic carbocycles. The van der Waals surface area contributed by atoms with Crippen LogP contribution in [-0.2, 0) is 0 Å². The van der Waals surface area contributed by atoms with Crippen molar-refractivity contribution in [2.24, 2.45) is 35.5 Å². The molecule has 4 fully saturated rings. The summed E-state index contributed by atoms with van der Waals surface area (Å²) in [6.07, 6.45) is 14.4. The Kier molecular flexibility index (Phi) is 5.47. The van der Waals surface area contributed by atoms with Crippen molar-refractivity contribution in [1.82, 2.24) is 0 Å². The van der Waals surface area contributed by atoms with Gasteiger partial charge in [-0.3, -0.25) is 0 Å². The van der Waals surface area contributed by atoms with Crippen molar-refractivity contribution in [3.63, 3.8) is 0 Å².